The number of hydrogen-bond donors (Lipinski definition) is 3. The van der Waals surface area contributed by atoms with E-state index in [9.17, 15) is 23.5 Å². The number of fused-ring (bicyclic) bond motifs is 1. The number of ether oxygens (including phenoxy) is 1. The predicted octanol–water partition coefficient (Wildman–Crippen LogP) is 4.01. The van der Waals surface area contributed by atoms with Gasteiger partial charge in [0, 0.05) is 24.7 Å². The average molecular weight is 559 g/mol. The Morgan fingerprint density at radius 2 is 1.85 bits per heavy atom. The Labute approximate surface area is 232 Å². The van der Waals surface area contributed by atoms with Crippen LogP contribution in [0.3, 0.4) is 0 Å². The second-order valence-electron chi connectivity index (χ2n) is 10.9. The number of carbonyl (C=O) groups excluding carboxylic acids is 2. The van der Waals surface area contributed by atoms with Crippen molar-refractivity contribution in [2.75, 3.05) is 35.8 Å². The molecule has 5 rings (SSSR count). The number of benzene rings is 1. The first kappa shape index (κ1) is 28.0. The number of aromatic nitrogens is 2. The summed E-state index contributed by atoms with van der Waals surface area (Å²) in [5.41, 5.74) is 1.14. The van der Waals surface area contributed by atoms with Crippen LogP contribution in [0.1, 0.15) is 68.1 Å². The molecule has 2 fully saturated rings. The molecular formula is C28H36F2N6O4. The van der Waals surface area contributed by atoms with Gasteiger partial charge >= 0.3 is 5.92 Å². The van der Waals surface area contributed by atoms with Crippen LogP contribution in [0.4, 0.5) is 31.9 Å². The summed E-state index contributed by atoms with van der Waals surface area (Å²) in [5, 5.41) is 15.8. The summed E-state index contributed by atoms with van der Waals surface area (Å²) in [6, 6.07) is 4.80. The lowest BCUT2D eigenvalue weighted by atomic mass is 9.93. The molecule has 2 aromatic rings. The van der Waals surface area contributed by atoms with Crippen molar-refractivity contribution in [2.45, 2.75) is 81.9 Å². The summed E-state index contributed by atoms with van der Waals surface area (Å²) in [6.07, 6.45) is 8.28. The number of aliphatic hydroxyl groups excluding tert-OH is 1. The van der Waals surface area contributed by atoms with Crippen LogP contribution in [0.25, 0.3) is 0 Å². The Morgan fingerprint density at radius 1 is 1.12 bits per heavy atom. The molecule has 1 aromatic heterocycles. The molecule has 2 aliphatic carbocycles. The molecular weight excluding hydrogens is 522 g/mol. The van der Waals surface area contributed by atoms with Gasteiger partial charge < -0.3 is 30.3 Å². The van der Waals surface area contributed by atoms with E-state index in [2.05, 4.69) is 20.6 Å². The van der Waals surface area contributed by atoms with Gasteiger partial charge in [-0.05, 0) is 56.7 Å². The lowest BCUT2D eigenvalue weighted by Gasteiger charge is -2.35. The molecule has 0 bridgehead atoms. The fourth-order valence-corrected chi connectivity index (χ4v) is 5.83. The van der Waals surface area contributed by atoms with Gasteiger partial charge in [-0.25, -0.2) is 4.98 Å². The highest BCUT2D eigenvalue weighted by Crippen LogP contribution is 2.39. The Balaban J connectivity index is 1.39. The van der Waals surface area contributed by atoms with Gasteiger partial charge in [-0.3, -0.25) is 9.59 Å². The number of anilines is 4. The minimum absolute atomic E-state index is 0.0113. The van der Waals surface area contributed by atoms with Crippen molar-refractivity contribution in [1.29, 1.82) is 0 Å². The van der Waals surface area contributed by atoms with Gasteiger partial charge in [0.1, 0.15) is 11.4 Å². The molecule has 1 aromatic carbocycles. The SMILES string of the molecule is COc1cc(C(=O)NC2CCC(O)CC2)ccc1Nc1ncc2c(n1)N(C1CCCCC1)CC(F)(F)C(=O)N2C. The summed E-state index contributed by atoms with van der Waals surface area (Å²) >= 11 is 0. The Hall–Kier alpha value is -3.54. The first-order chi connectivity index (χ1) is 19.2. The summed E-state index contributed by atoms with van der Waals surface area (Å²) in [4.78, 5) is 36.8. The van der Waals surface area contributed by atoms with Gasteiger partial charge in [0.25, 0.3) is 11.8 Å². The smallest absolute Gasteiger partial charge is 0.342 e. The number of nitrogens with one attached hydrogen (secondary N) is 2. The highest BCUT2D eigenvalue weighted by Gasteiger charge is 2.48. The molecule has 40 heavy (non-hydrogen) atoms. The maximum atomic E-state index is 14.9. The van der Waals surface area contributed by atoms with E-state index in [-0.39, 0.29) is 41.5 Å². The fourth-order valence-electron chi connectivity index (χ4n) is 5.83. The van der Waals surface area contributed by atoms with E-state index in [1.54, 1.807) is 23.1 Å². The summed E-state index contributed by atoms with van der Waals surface area (Å²) < 4.78 is 35.4. The third-order valence-electron chi connectivity index (χ3n) is 8.13. The van der Waals surface area contributed by atoms with Gasteiger partial charge in [-0.2, -0.15) is 13.8 Å². The lowest BCUT2D eigenvalue weighted by molar-refractivity contribution is -0.140. The van der Waals surface area contributed by atoms with Crippen molar-refractivity contribution in [1.82, 2.24) is 15.3 Å². The van der Waals surface area contributed by atoms with Crippen LogP contribution in [0.2, 0.25) is 0 Å². The molecule has 3 N–H and O–H groups in total. The van der Waals surface area contributed by atoms with Crippen LogP contribution in [-0.2, 0) is 4.79 Å². The normalized spacial score (nSPS) is 23.3. The van der Waals surface area contributed by atoms with Crippen LogP contribution in [-0.4, -0.2) is 71.7 Å². The van der Waals surface area contributed by atoms with Gasteiger partial charge in [0.2, 0.25) is 5.95 Å². The third-order valence-corrected chi connectivity index (χ3v) is 8.13. The molecule has 2 amide bonds. The van der Waals surface area contributed by atoms with E-state index in [1.807, 2.05) is 0 Å². The molecule has 0 spiro atoms. The molecule has 0 atom stereocenters. The van der Waals surface area contributed by atoms with E-state index < -0.39 is 18.4 Å². The maximum absolute atomic E-state index is 14.9. The number of rotatable bonds is 6. The Bertz CT molecular complexity index is 1250. The molecule has 2 saturated carbocycles. The highest BCUT2D eigenvalue weighted by atomic mass is 19.3. The zero-order chi connectivity index (χ0) is 28.4. The molecule has 0 saturated heterocycles. The van der Waals surface area contributed by atoms with Crippen molar-refractivity contribution in [2.24, 2.45) is 0 Å². The number of methoxy groups -OCH3 is 1. The van der Waals surface area contributed by atoms with Gasteiger partial charge in [-0.1, -0.05) is 19.3 Å². The van der Waals surface area contributed by atoms with Crippen LogP contribution < -0.4 is 25.2 Å². The fraction of sp³-hybridized carbons (Fsp3) is 0.571. The number of alkyl halides is 2. The molecule has 10 nitrogen and oxygen atoms in total. The van der Waals surface area contributed by atoms with E-state index in [0.717, 1.165) is 49.8 Å². The van der Waals surface area contributed by atoms with Crippen LogP contribution >= 0.6 is 0 Å². The minimum atomic E-state index is -3.56. The highest BCUT2D eigenvalue weighted by molar-refractivity contribution is 6.02. The zero-order valence-corrected chi connectivity index (χ0v) is 22.8. The number of aliphatic hydroxyl groups is 1. The zero-order valence-electron chi connectivity index (χ0n) is 22.8. The van der Waals surface area contributed by atoms with Gasteiger partial charge in [0.05, 0.1) is 31.6 Å². The molecule has 216 valence electrons. The van der Waals surface area contributed by atoms with E-state index in [1.165, 1.54) is 20.4 Å². The maximum Gasteiger partial charge on any atom is 0.342 e. The summed E-state index contributed by atoms with van der Waals surface area (Å²) in [6.45, 7) is -0.739. The second-order valence-corrected chi connectivity index (χ2v) is 10.9. The first-order valence-electron chi connectivity index (χ1n) is 13.9. The third kappa shape index (κ3) is 5.81. The van der Waals surface area contributed by atoms with Crippen molar-refractivity contribution in [3.05, 3.63) is 30.0 Å². The van der Waals surface area contributed by atoms with Crippen molar-refractivity contribution in [3.8, 4) is 5.75 Å². The van der Waals surface area contributed by atoms with Crippen molar-refractivity contribution >= 4 is 35.0 Å². The monoisotopic (exact) mass is 558 g/mol. The molecule has 1 aliphatic heterocycles. The van der Waals surface area contributed by atoms with Crippen molar-refractivity contribution < 1.29 is 28.2 Å². The van der Waals surface area contributed by atoms with Gasteiger partial charge in [-0.15, -0.1) is 0 Å². The lowest BCUT2D eigenvalue weighted by Crippen LogP contribution is -2.49. The molecule has 0 unspecified atom stereocenters. The quantitative estimate of drug-likeness (QED) is 0.487. The minimum Gasteiger partial charge on any atom is -0.495 e. The Morgan fingerprint density at radius 3 is 2.55 bits per heavy atom. The van der Waals surface area contributed by atoms with E-state index in [4.69, 9.17) is 4.74 Å². The predicted molar refractivity (Wildman–Crippen MR) is 147 cm³/mol. The molecule has 12 heteroatoms. The number of halogens is 2. The van der Waals surface area contributed by atoms with E-state index in [0.29, 0.717) is 29.8 Å². The number of hydrogen-bond acceptors (Lipinski definition) is 8. The standard InChI is InChI=1S/C28H36F2N6O4/c1-35-22-15-31-27(34-24(22)36(16-28(29,30)26(35)39)19-6-4-3-5-7-19)33-21-13-8-17(14-23(21)40-2)25(38)32-18-9-11-20(37)12-10-18/h8,13-15,18-20,37H,3-7,9-12,16H2,1-2H3,(H,32,38)(H,31,33,34). The topological polar surface area (TPSA) is 120 Å². The number of nitrogens with zero attached hydrogens (tertiary/aromatic N) is 4. The van der Waals surface area contributed by atoms with Crippen LogP contribution in [0.15, 0.2) is 24.4 Å². The molecule has 2 heterocycles. The second kappa shape index (κ2) is 11.5. The average Bonchev–Trinajstić information content (AvgIpc) is 3.03. The summed E-state index contributed by atoms with van der Waals surface area (Å²) in [5.74, 6) is -4.25. The van der Waals surface area contributed by atoms with Crippen molar-refractivity contribution in [3.63, 3.8) is 0 Å². The van der Waals surface area contributed by atoms with E-state index >= 15 is 0 Å². The molecule has 3 aliphatic rings. The number of carbonyl (C=O) groups is 2. The van der Waals surface area contributed by atoms with Crippen LogP contribution in [0, 0.1) is 0 Å². The molecule has 0 radical (unpaired) electrons. The van der Waals surface area contributed by atoms with Crippen LogP contribution in [0.5, 0.6) is 5.75 Å². The Kier molecular flexibility index (Phi) is 8.07. The summed E-state index contributed by atoms with van der Waals surface area (Å²) in [7, 11) is 2.80. The first-order valence-corrected chi connectivity index (χ1v) is 13.9. The number of amides is 2. The largest absolute Gasteiger partial charge is 0.495 e. The van der Waals surface area contributed by atoms with Gasteiger partial charge in [0.15, 0.2) is 5.82 Å².